The summed E-state index contributed by atoms with van der Waals surface area (Å²) in [5, 5.41) is 12.2. The van der Waals surface area contributed by atoms with Crippen molar-refractivity contribution in [1.82, 2.24) is 9.55 Å². The first-order chi connectivity index (χ1) is 16.7. The quantitative estimate of drug-likeness (QED) is 0.178. The summed E-state index contributed by atoms with van der Waals surface area (Å²) in [6.45, 7) is 11.6. The Kier molecular flexibility index (Phi) is 8.06. The minimum absolute atomic E-state index is 0.0844. The largest absolute Gasteiger partial charge is 0.465 e. The number of carbonyl (C=O) groups excluding carboxylic acids is 1. The fourth-order valence-corrected chi connectivity index (χ4v) is 3.52. The molecule has 0 amide bonds. The van der Waals surface area contributed by atoms with Gasteiger partial charge in [-0.1, -0.05) is 49.0 Å². The Balaban J connectivity index is 1.99. The average molecular weight is 480 g/mol. The standard InChI is InChI=1S/C27H30FN3O4/c1-6-14-34-26-30-23(7-2)24(16-29-33)31(26)17-19-13-12-18(15-22(19)28)20-10-8-9-11-21(20)25(32)35-27(3,4)5/h7-13,15-16,33H,2,6,14,17H2,1,3-5H3/b29-16-. The van der Waals surface area contributed by atoms with Crippen molar-refractivity contribution >= 4 is 18.3 Å². The van der Waals surface area contributed by atoms with E-state index in [9.17, 15) is 4.79 Å². The Morgan fingerprint density at radius 3 is 2.63 bits per heavy atom. The van der Waals surface area contributed by atoms with Crippen LogP contribution < -0.4 is 4.74 Å². The lowest BCUT2D eigenvalue weighted by Crippen LogP contribution is -2.24. The molecule has 8 heteroatoms. The van der Waals surface area contributed by atoms with Crippen molar-refractivity contribution in [3.8, 4) is 17.1 Å². The van der Waals surface area contributed by atoms with Crippen LogP contribution in [0.15, 0.2) is 54.2 Å². The summed E-state index contributed by atoms with van der Waals surface area (Å²) in [5.41, 5.74) is 2.08. The van der Waals surface area contributed by atoms with Crippen LogP contribution in [0.2, 0.25) is 0 Å². The molecule has 0 saturated heterocycles. The molecule has 35 heavy (non-hydrogen) atoms. The van der Waals surface area contributed by atoms with Crippen molar-refractivity contribution in [3.05, 3.63) is 77.4 Å². The van der Waals surface area contributed by atoms with Crippen molar-refractivity contribution < 1.29 is 23.9 Å². The van der Waals surface area contributed by atoms with E-state index in [4.69, 9.17) is 14.7 Å². The van der Waals surface area contributed by atoms with Gasteiger partial charge in [0.2, 0.25) is 0 Å². The Morgan fingerprint density at radius 2 is 2.00 bits per heavy atom. The first-order valence-electron chi connectivity index (χ1n) is 11.3. The van der Waals surface area contributed by atoms with E-state index >= 15 is 4.39 Å². The Labute approximate surface area is 204 Å². The van der Waals surface area contributed by atoms with Gasteiger partial charge in [0, 0.05) is 5.56 Å². The summed E-state index contributed by atoms with van der Waals surface area (Å²) in [6.07, 6.45) is 3.49. The zero-order chi connectivity index (χ0) is 25.6. The maximum atomic E-state index is 15.3. The third kappa shape index (κ3) is 6.15. The van der Waals surface area contributed by atoms with Gasteiger partial charge >= 0.3 is 5.97 Å². The molecule has 184 valence electrons. The topological polar surface area (TPSA) is 85.9 Å². The molecule has 0 aliphatic carbocycles. The monoisotopic (exact) mass is 479 g/mol. The molecule has 1 N–H and O–H groups in total. The summed E-state index contributed by atoms with van der Waals surface area (Å²) < 4.78 is 28.2. The fourth-order valence-electron chi connectivity index (χ4n) is 3.52. The average Bonchev–Trinajstić information content (AvgIpc) is 3.14. The second-order valence-electron chi connectivity index (χ2n) is 8.90. The number of esters is 1. The Hall–Kier alpha value is -3.94. The lowest BCUT2D eigenvalue weighted by atomic mass is 9.98. The number of carbonyl (C=O) groups is 1. The molecule has 1 heterocycles. The van der Waals surface area contributed by atoms with E-state index in [1.54, 1.807) is 61.7 Å². The number of rotatable bonds is 9. The molecule has 0 saturated carbocycles. The van der Waals surface area contributed by atoms with Crippen molar-refractivity contribution in [2.45, 2.75) is 46.3 Å². The van der Waals surface area contributed by atoms with E-state index in [-0.39, 0.29) is 12.6 Å². The highest BCUT2D eigenvalue weighted by molar-refractivity contribution is 5.97. The highest BCUT2D eigenvalue weighted by Crippen LogP contribution is 2.29. The van der Waals surface area contributed by atoms with Gasteiger partial charge in [0.25, 0.3) is 6.01 Å². The normalized spacial score (nSPS) is 11.6. The van der Waals surface area contributed by atoms with Crippen molar-refractivity contribution in [2.24, 2.45) is 5.16 Å². The summed E-state index contributed by atoms with van der Waals surface area (Å²) >= 11 is 0. The number of nitrogens with zero attached hydrogens (tertiary/aromatic N) is 3. The summed E-state index contributed by atoms with van der Waals surface area (Å²) in [4.78, 5) is 17.1. The van der Waals surface area contributed by atoms with Crippen LogP contribution in [-0.2, 0) is 11.3 Å². The number of oxime groups is 1. The van der Waals surface area contributed by atoms with Gasteiger partial charge in [-0.3, -0.25) is 4.57 Å². The minimum Gasteiger partial charge on any atom is -0.465 e. The van der Waals surface area contributed by atoms with Crippen LogP contribution in [0.5, 0.6) is 6.01 Å². The molecule has 3 aromatic rings. The van der Waals surface area contributed by atoms with E-state index in [0.717, 1.165) is 6.42 Å². The number of ether oxygens (including phenoxy) is 2. The number of imidazole rings is 1. The number of halogens is 1. The smallest absolute Gasteiger partial charge is 0.339 e. The molecule has 3 rings (SSSR count). The molecule has 0 aliphatic rings. The zero-order valence-electron chi connectivity index (χ0n) is 20.4. The first kappa shape index (κ1) is 25.7. The van der Waals surface area contributed by atoms with E-state index < -0.39 is 17.4 Å². The molecule has 1 aromatic heterocycles. The van der Waals surface area contributed by atoms with Crippen LogP contribution in [0.4, 0.5) is 4.39 Å². The van der Waals surface area contributed by atoms with Gasteiger partial charge in [0.1, 0.15) is 11.4 Å². The highest BCUT2D eigenvalue weighted by atomic mass is 19.1. The summed E-state index contributed by atoms with van der Waals surface area (Å²) in [7, 11) is 0. The summed E-state index contributed by atoms with van der Waals surface area (Å²) in [5.74, 6) is -0.942. The van der Waals surface area contributed by atoms with E-state index in [1.807, 2.05) is 6.92 Å². The number of hydrogen-bond donors (Lipinski definition) is 1. The number of hydrogen-bond acceptors (Lipinski definition) is 6. The number of benzene rings is 2. The maximum Gasteiger partial charge on any atom is 0.339 e. The lowest BCUT2D eigenvalue weighted by molar-refractivity contribution is 0.00704. The number of aromatic nitrogens is 2. The molecule has 0 bridgehead atoms. The van der Waals surface area contributed by atoms with Gasteiger partial charge in [-0.25, -0.2) is 9.18 Å². The van der Waals surface area contributed by atoms with Gasteiger partial charge in [-0.2, -0.15) is 4.98 Å². The molecular formula is C27H30FN3O4. The molecule has 2 aromatic carbocycles. The van der Waals surface area contributed by atoms with E-state index in [1.165, 1.54) is 18.4 Å². The predicted molar refractivity (Wildman–Crippen MR) is 134 cm³/mol. The molecule has 0 spiro atoms. The van der Waals surface area contributed by atoms with Crippen molar-refractivity contribution in [1.29, 1.82) is 0 Å². The molecule has 0 aliphatic heterocycles. The van der Waals surface area contributed by atoms with E-state index in [2.05, 4.69) is 16.7 Å². The van der Waals surface area contributed by atoms with Crippen LogP contribution in [0.3, 0.4) is 0 Å². The molecule has 0 radical (unpaired) electrons. The first-order valence-corrected chi connectivity index (χ1v) is 11.3. The van der Waals surface area contributed by atoms with Crippen LogP contribution in [0.1, 0.15) is 61.4 Å². The zero-order valence-corrected chi connectivity index (χ0v) is 20.4. The molecule has 0 unspecified atom stereocenters. The SMILES string of the molecule is C=Cc1nc(OCCC)n(Cc2ccc(-c3ccccc3C(=O)OC(C)(C)C)cc2F)c1/C=N\O. The van der Waals surface area contributed by atoms with Gasteiger partial charge in [-0.15, -0.1) is 0 Å². The predicted octanol–water partition coefficient (Wildman–Crippen LogP) is 5.93. The lowest BCUT2D eigenvalue weighted by Gasteiger charge is -2.20. The van der Waals surface area contributed by atoms with Crippen LogP contribution in [-0.4, -0.2) is 39.2 Å². The second-order valence-corrected chi connectivity index (χ2v) is 8.90. The minimum atomic E-state index is -0.651. The van der Waals surface area contributed by atoms with Gasteiger partial charge in [0.05, 0.1) is 36.3 Å². The second kappa shape index (κ2) is 11.0. The van der Waals surface area contributed by atoms with Crippen LogP contribution in [0.25, 0.3) is 17.2 Å². The Morgan fingerprint density at radius 1 is 1.26 bits per heavy atom. The van der Waals surface area contributed by atoms with Crippen LogP contribution >= 0.6 is 0 Å². The maximum absolute atomic E-state index is 15.3. The van der Waals surface area contributed by atoms with Gasteiger partial charge in [0.15, 0.2) is 0 Å². The highest BCUT2D eigenvalue weighted by Gasteiger charge is 2.22. The molecule has 0 atom stereocenters. The molecule has 7 nitrogen and oxygen atoms in total. The van der Waals surface area contributed by atoms with Crippen LogP contribution in [0, 0.1) is 5.82 Å². The third-order valence-electron chi connectivity index (χ3n) is 5.05. The van der Waals surface area contributed by atoms with Gasteiger partial charge < -0.3 is 14.7 Å². The third-order valence-corrected chi connectivity index (χ3v) is 5.05. The van der Waals surface area contributed by atoms with Gasteiger partial charge in [-0.05, 0) is 56.5 Å². The Bertz CT molecular complexity index is 1240. The molecule has 0 fully saturated rings. The van der Waals surface area contributed by atoms with Crippen molar-refractivity contribution in [3.63, 3.8) is 0 Å². The molecular weight excluding hydrogens is 449 g/mol. The fraction of sp³-hybridized carbons (Fsp3) is 0.296. The van der Waals surface area contributed by atoms with Crippen molar-refractivity contribution in [2.75, 3.05) is 6.61 Å². The van der Waals surface area contributed by atoms with E-state index in [0.29, 0.717) is 40.2 Å². The summed E-state index contributed by atoms with van der Waals surface area (Å²) in [6, 6.07) is 12.0.